The van der Waals surface area contributed by atoms with Crippen molar-refractivity contribution in [1.82, 2.24) is 24.5 Å². The van der Waals surface area contributed by atoms with Crippen LogP contribution in [-0.2, 0) is 23.0 Å². The van der Waals surface area contributed by atoms with Gasteiger partial charge in [0.1, 0.15) is 0 Å². The van der Waals surface area contributed by atoms with Crippen LogP contribution in [0.3, 0.4) is 0 Å². The molecule has 3 amide bonds. The van der Waals surface area contributed by atoms with Crippen molar-refractivity contribution < 1.29 is 14.3 Å². The second-order valence-corrected chi connectivity index (χ2v) is 7.02. The van der Waals surface area contributed by atoms with Crippen LogP contribution in [0.1, 0.15) is 23.4 Å². The maximum atomic E-state index is 12.5. The van der Waals surface area contributed by atoms with Crippen molar-refractivity contribution in [1.29, 1.82) is 0 Å². The molecular weight excluding hydrogens is 334 g/mol. The lowest BCUT2D eigenvalue weighted by molar-refractivity contribution is -0.132. The number of ether oxygens (including phenoxy) is 1. The van der Waals surface area contributed by atoms with Crippen molar-refractivity contribution in [2.45, 2.75) is 26.7 Å². The first-order chi connectivity index (χ1) is 12.5. The summed E-state index contributed by atoms with van der Waals surface area (Å²) in [6.45, 7) is 8.98. The van der Waals surface area contributed by atoms with E-state index in [4.69, 9.17) is 4.74 Å². The number of urea groups is 1. The maximum absolute atomic E-state index is 12.5. The number of rotatable bonds is 3. The topological polar surface area (TPSA) is 70.9 Å². The average molecular weight is 363 g/mol. The Balaban J connectivity index is 1.46. The number of aromatic nitrogens is 2. The molecule has 3 heterocycles. The molecule has 144 valence electrons. The molecule has 1 aromatic heterocycles. The molecule has 0 radical (unpaired) electrons. The van der Waals surface area contributed by atoms with Crippen LogP contribution in [0.5, 0.6) is 0 Å². The molecule has 8 nitrogen and oxygen atoms in total. The van der Waals surface area contributed by atoms with Gasteiger partial charge in [-0.05, 0) is 25.8 Å². The minimum atomic E-state index is 0.0713. The molecule has 0 atom stereocenters. The van der Waals surface area contributed by atoms with E-state index in [0.717, 1.165) is 17.8 Å². The van der Waals surface area contributed by atoms with Gasteiger partial charge >= 0.3 is 6.03 Å². The first-order valence-electron chi connectivity index (χ1n) is 9.36. The molecule has 0 aromatic carbocycles. The summed E-state index contributed by atoms with van der Waals surface area (Å²) in [6, 6.07) is 0.0713. The van der Waals surface area contributed by atoms with Crippen LogP contribution in [0.15, 0.2) is 0 Å². The number of amides is 3. The predicted molar refractivity (Wildman–Crippen MR) is 96.9 cm³/mol. The van der Waals surface area contributed by atoms with Crippen molar-refractivity contribution in [2.75, 3.05) is 52.5 Å². The first-order valence-corrected chi connectivity index (χ1v) is 9.36. The summed E-state index contributed by atoms with van der Waals surface area (Å²) in [6.07, 6.45) is 1.21. The number of carbonyl (C=O) groups is 2. The molecular formula is C18H29N5O3. The van der Waals surface area contributed by atoms with Gasteiger partial charge in [0.05, 0.1) is 18.9 Å². The lowest BCUT2D eigenvalue weighted by Gasteiger charge is -2.38. The number of piperazine rings is 1. The summed E-state index contributed by atoms with van der Waals surface area (Å²) in [5.74, 6) is 0.158. The molecule has 2 aliphatic rings. The molecule has 0 bridgehead atoms. The number of carbonyl (C=O) groups excluding carboxylic acids is 2. The van der Waals surface area contributed by atoms with Crippen molar-refractivity contribution >= 4 is 11.9 Å². The molecule has 0 unspecified atom stereocenters. The molecule has 2 aliphatic heterocycles. The van der Waals surface area contributed by atoms with E-state index < -0.39 is 0 Å². The number of aryl methyl sites for hydroxylation is 2. The van der Waals surface area contributed by atoms with Crippen LogP contribution in [0, 0.1) is 13.8 Å². The normalized spacial score (nSPS) is 18.3. The highest BCUT2D eigenvalue weighted by atomic mass is 16.5. The number of nitrogens with zero attached hydrogens (tertiary/aromatic N) is 5. The minimum absolute atomic E-state index is 0.0713. The van der Waals surface area contributed by atoms with Crippen molar-refractivity contribution in [3.63, 3.8) is 0 Å². The second-order valence-electron chi connectivity index (χ2n) is 7.02. The van der Waals surface area contributed by atoms with Crippen LogP contribution in [0.4, 0.5) is 4.79 Å². The third kappa shape index (κ3) is 4.00. The molecule has 0 N–H and O–H groups in total. The van der Waals surface area contributed by atoms with Gasteiger partial charge in [-0.15, -0.1) is 0 Å². The van der Waals surface area contributed by atoms with Crippen molar-refractivity contribution in [3.05, 3.63) is 17.0 Å². The van der Waals surface area contributed by atoms with Gasteiger partial charge in [-0.2, -0.15) is 5.10 Å². The van der Waals surface area contributed by atoms with Crippen LogP contribution >= 0.6 is 0 Å². The van der Waals surface area contributed by atoms with Gasteiger partial charge in [-0.3, -0.25) is 9.48 Å². The summed E-state index contributed by atoms with van der Waals surface area (Å²) in [5.41, 5.74) is 3.29. The second kappa shape index (κ2) is 8.07. The highest BCUT2D eigenvalue weighted by Crippen LogP contribution is 2.15. The Morgan fingerprint density at radius 2 is 1.54 bits per heavy atom. The largest absolute Gasteiger partial charge is 0.378 e. The molecule has 2 fully saturated rings. The third-order valence-electron chi connectivity index (χ3n) is 5.43. The Bertz CT molecular complexity index is 658. The standard InChI is InChI=1S/C18H29N5O3/c1-14-16(15(2)20(3)19-14)4-5-17(24)21-6-8-22(9-7-21)18(25)23-10-12-26-13-11-23/h4-13H2,1-3H3. The minimum Gasteiger partial charge on any atom is -0.378 e. The average Bonchev–Trinajstić information content (AvgIpc) is 2.91. The highest BCUT2D eigenvalue weighted by Gasteiger charge is 2.28. The maximum Gasteiger partial charge on any atom is 0.320 e. The fourth-order valence-electron chi connectivity index (χ4n) is 3.67. The van der Waals surface area contributed by atoms with Gasteiger partial charge in [0.25, 0.3) is 0 Å². The van der Waals surface area contributed by atoms with Crippen LogP contribution in [0.25, 0.3) is 0 Å². The Hall–Kier alpha value is -2.09. The van der Waals surface area contributed by atoms with E-state index >= 15 is 0 Å². The van der Waals surface area contributed by atoms with E-state index in [1.54, 1.807) is 0 Å². The van der Waals surface area contributed by atoms with Crippen LogP contribution in [0.2, 0.25) is 0 Å². The summed E-state index contributed by atoms with van der Waals surface area (Å²) in [4.78, 5) is 30.6. The highest BCUT2D eigenvalue weighted by molar-refractivity contribution is 5.78. The third-order valence-corrected chi connectivity index (χ3v) is 5.43. The molecule has 1 aromatic rings. The quantitative estimate of drug-likeness (QED) is 0.787. The summed E-state index contributed by atoms with van der Waals surface area (Å²) in [7, 11) is 1.93. The molecule has 2 saturated heterocycles. The molecule has 0 aliphatic carbocycles. The Morgan fingerprint density at radius 1 is 0.962 bits per heavy atom. The predicted octanol–water partition coefficient (Wildman–Crippen LogP) is 0.566. The monoisotopic (exact) mass is 363 g/mol. The smallest absolute Gasteiger partial charge is 0.320 e. The summed E-state index contributed by atoms with van der Waals surface area (Å²) >= 11 is 0. The fourth-order valence-corrected chi connectivity index (χ4v) is 3.67. The number of hydrogen-bond acceptors (Lipinski definition) is 4. The SMILES string of the molecule is Cc1nn(C)c(C)c1CCC(=O)N1CCN(C(=O)N2CCOCC2)CC1. The van der Waals surface area contributed by atoms with Gasteiger partial charge in [0.2, 0.25) is 5.91 Å². The summed E-state index contributed by atoms with van der Waals surface area (Å²) in [5, 5.41) is 4.41. The Kier molecular flexibility index (Phi) is 5.80. The molecule has 26 heavy (non-hydrogen) atoms. The molecule has 8 heteroatoms. The number of morpholine rings is 1. The first kappa shape index (κ1) is 18.7. The van der Waals surface area contributed by atoms with E-state index in [1.807, 2.05) is 40.3 Å². The Labute approximate surface area is 154 Å². The molecule has 0 spiro atoms. The molecule has 0 saturated carbocycles. The van der Waals surface area contributed by atoms with E-state index in [1.165, 1.54) is 5.56 Å². The lowest BCUT2D eigenvalue weighted by atomic mass is 10.1. The van der Waals surface area contributed by atoms with Gasteiger partial charge in [0.15, 0.2) is 0 Å². The molecule has 3 rings (SSSR count). The van der Waals surface area contributed by atoms with Crippen LogP contribution in [-0.4, -0.2) is 88.9 Å². The fraction of sp³-hybridized carbons (Fsp3) is 0.722. The van der Waals surface area contributed by atoms with Gasteiger partial charge in [-0.25, -0.2) is 4.79 Å². The van der Waals surface area contributed by atoms with Gasteiger partial charge < -0.3 is 19.4 Å². The van der Waals surface area contributed by atoms with Crippen molar-refractivity contribution in [2.24, 2.45) is 7.05 Å². The van der Waals surface area contributed by atoms with Crippen molar-refractivity contribution in [3.8, 4) is 0 Å². The van der Waals surface area contributed by atoms with E-state index in [9.17, 15) is 9.59 Å². The van der Waals surface area contributed by atoms with E-state index in [0.29, 0.717) is 58.9 Å². The van der Waals surface area contributed by atoms with Gasteiger partial charge in [-0.1, -0.05) is 0 Å². The lowest BCUT2D eigenvalue weighted by Crippen LogP contribution is -2.55. The summed E-state index contributed by atoms with van der Waals surface area (Å²) < 4.78 is 7.16. The Morgan fingerprint density at radius 3 is 2.12 bits per heavy atom. The van der Waals surface area contributed by atoms with E-state index in [2.05, 4.69) is 5.10 Å². The van der Waals surface area contributed by atoms with Crippen LogP contribution < -0.4 is 0 Å². The number of hydrogen-bond donors (Lipinski definition) is 0. The van der Waals surface area contributed by atoms with E-state index in [-0.39, 0.29) is 11.9 Å². The zero-order valence-corrected chi connectivity index (χ0v) is 16.0. The van der Waals surface area contributed by atoms with Gasteiger partial charge in [0, 0.05) is 58.4 Å². The zero-order valence-electron chi connectivity index (χ0n) is 16.0. The zero-order chi connectivity index (χ0) is 18.7.